The van der Waals surface area contributed by atoms with Crippen LogP contribution in [-0.2, 0) is 4.79 Å². The number of carbonyl (C=O) groups is 2. The average molecular weight is 193 g/mol. The van der Waals surface area contributed by atoms with Crippen molar-refractivity contribution in [3.8, 4) is 0 Å². The van der Waals surface area contributed by atoms with E-state index in [2.05, 4.69) is 22.7 Å². The lowest BCUT2D eigenvalue weighted by Gasteiger charge is -2.00. The van der Waals surface area contributed by atoms with Crippen LogP contribution in [0.25, 0.3) is 0 Å². The van der Waals surface area contributed by atoms with E-state index in [0.29, 0.717) is 11.7 Å². The van der Waals surface area contributed by atoms with Crippen molar-refractivity contribution in [3.05, 3.63) is 0 Å². The van der Waals surface area contributed by atoms with Gasteiger partial charge in [0.1, 0.15) is 0 Å². The van der Waals surface area contributed by atoms with Gasteiger partial charge in [-0.3, -0.25) is 4.79 Å². The first-order valence-electron chi connectivity index (χ1n) is 3.43. The van der Waals surface area contributed by atoms with Crippen molar-refractivity contribution in [1.82, 2.24) is 10.4 Å². The molecule has 13 heavy (non-hydrogen) atoms. The Hall–Kier alpha value is -1.38. The summed E-state index contributed by atoms with van der Waals surface area (Å²) in [5.41, 5.74) is 4.47. The van der Waals surface area contributed by atoms with E-state index >= 15 is 0 Å². The number of aliphatic carboxylic acids is 1. The molecule has 8 N–H and O–H groups in total. The second-order valence-electron chi connectivity index (χ2n) is 1.92. The van der Waals surface area contributed by atoms with Crippen LogP contribution in [0.4, 0.5) is 4.79 Å². The van der Waals surface area contributed by atoms with Crippen LogP contribution in [0.15, 0.2) is 0 Å². The third-order valence-electron chi connectivity index (χ3n) is 0.781. The molecule has 0 radical (unpaired) electrons. The van der Waals surface area contributed by atoms with Crippen LogP contribution < -0.4 is 22.7 Å². The number of hydrazine groups is 2. The van der Waals surface area contributed by atoms with Crippen LogP contribution in [0.3, 0.4) is 0 Å². The standard InChI is InChI=1S/C4H9NO2.CH6N4O/c1-2-5-3-4(6)7;2-1(6)5(3)4/h5H,2-3H2,1H3,(H,6,7);3-4H2,(H2,2,6). The van der Waals surface area contributed by atoms with Gasteiger partial charge in [0.2, 0.25) is 0 Å². The summed E-state index contributed by atoms with van der Waals surface area (Å²) in [7, 11) is 0. The molecule has 0 aromatic heterocycles. The normalized spacial score (nSPS) is 8.23. The van der Waals surface area contributed by atoms with Crippen molar-refractivity contribution in [2.24, 2.45) is 17.4 Å². The van der Waals surface area contributed by atoms with Crippen molar-refractivity contribution in [2.75, 3.05) is 13.1 Å². The Balaban J connectivity index is 0. The maximum atomic E-state index is 9.70. The highest BCUT2D eigenvalue weighted by molar-refractivity contribution is 5.70. The van der Waals surface area contributed by atoms with E-state index in [4.69, 9.17) is 5.11 Å². The third-order valence-corrected chi connectivity index (χ3v) is 0.781. The molecule has 8 heteroatoms. The number of carboxylic acids is 1. The van der Waals surface area contributed by atoms with Crippen molar-refractivity contribution in [2.45, 2.75) is 6.92 Å². The number of hydrogen-bond acceptors (Lipinski definition) is 5. The summed E-state index contributed by atoms with van der Waals surface area (Å²) >= 11 is 0. The number of carbonyl (C=O) groups excluding carboxylic acids is 1. The van der Waals surface area contributed by atoms with Gasteiger partial charge < -0.3 is 16.2 Å². The number of carboxylic acid groups (broad SMARTS) is 1. The number of hydrogen-bond donors (Lipinski definition) is 5. The molecule has 0 spiro atoms. The second kappa shape index (κ2) is 8.71. The zero-order chi connectivity index (χ0) is 10.9. The number of primary amides is 1. The highest BCUT2D eigenvalue weighted by atomic mass is 16.4. The highest BCUT2D eigenvalue weighted by Crippen LogP contribution is 1.56. The third kappa shape index (κ3) is 18.0. The van der Waals surface area contributed by atoms with E-state index in [0.717, 1.165) is 0 Å². The first-order valence-corrected chi connectivity index (χ1v) is 3.43. The van der Waals surface area contributed by atoms with Gasteiger partial charge in [0, 0.05) is 0 Å². The number of amides is 2. The van der Waals surface area contributed by atoms with Gasteiger partial charge >= 0.3 is 12.0 Å². The molecular weight excluding hydrogens is 178 g/mol. The molecule has 8 nitrogen and oxygen atoms in total. The Bertz CT molecular complexity index is 160. The molecule has 0 unspecified atom stereocenters. The zero-order valence-electron chi connectivity index (χ0n) is 7.36. The van der Waals surface area contributed by atoms with E-state index in [1.807, 2.05) is 6.92 Å². The molecular formula is C5H15N5O3. The molecule has 0 aromatic rings. The van der Waals surface area contributed by atoms with E-state index in [1.165, 1.54) is 0 Å². The van der Waals surface area contributed by atoms with Gasteiger partial charge in [-0.2, -0.15) is 5.12 Å². The predicted octanol–water partition coefficient (Wildman–Crippen LogP) is -2.20. The van der Waals surface area contributed by atoms with Crippen LogP contribution in [0, 0.1) is 0 Å². The van der Waals surface area contributed by atoms with Crippen molar-refractivity contribution in [1.29, 1.82) is 0 Å². The number of likely N-dealkylation sites (N-methyl/N-ethyl adjacent to an activating group) is 1. The minimum atomic E-state index is -0.852. The van der Waals surface area contributed by atoms with E-state index in [9.17, 15) is 9.59 Å². The number of urea groups is 1. The summed E-state index contributed by atoms with van der Waals surface area (Å²) in [6.07, 6.45) is 0. The van der Waals surface area contributed by atoms with Gasteiger partial charge in [-0.25, -0.2) is 16.5 Å². The molecule has 0 aliphatic rings. The van der Waals surface area contributed by atoms with E-state index < -0.39 is 12.0 Å². The number of nitrogens with one attached hydrogen (secondary N) is 1. The maximum absolute atomic E-state index is 9.70. The Kier molecular flexibility index (Phi) is 9.49. The fourth-order valence-electron chi connectivity index (χ4n) is 0.232. The van der Waals surface area contributed by atoms with E-state index in [-0.39, 0.29) is 6.54 Å². The molecule has 0 saturated carbocycles. The summed E-state index contributed by atoms with van der Waals surface area (Å²) < 4.78 is 0. The molecule has 0 fully saturated rings. The largest absolute Gasteiger partial charge is 0.480 e. The smallest absolute Gasteiger partial charge is 0.343 e. The van der Waals surface area contributed by atoms with Gasteiger partial charge in [-0.1, -0.05) is 6.92 Å². The van der Waals surface area contributed by atoms with Crippen molar-refractivity contribution >= 4 is 12.0 Å². The molecule has 0 bridgehead atoms. The monoisotopic (exact) mass is 193 g/mol. The SMILES string of the molecule is CCNCC(=O)O.NC(=O)N(N)N. The lowest BCUT2D eigenvalue weighted by molar-refractivity contribution is -0.135. The van der Waals surface area contributed by atoms with Crippen LogP contribution in [0.5, 0.6) is 0 Å². The molecule has 0 rings (SSSR count). The Morgan fingerprint density at radius 1 is 1.46 bits per heavy atom. The van der Waals surface area contributed by atoms with Crippen molar-refractivity contribution in [3.63, 3.8) is 0 Å². The molecule has 0 aliphatic carbocycles. The molecule has 0 atom stereocenters. The topological polar surface area (TPSA) is 148 Å². The highest BCUT2D eigenvalue weighted by Gasteiger charge is 1.90. The molecule has 0 saturated heterocycles. The lowest BCUT2D eigenvalue weighted by Crippen LogP contribution is -2.46. The average Bonchev–Trinajstić information content (AvgIpc) is 2.01. The van der Waals surface area contributed by atoms with E-state index in [1.54, 1.807) is 0 Å². The summed E-state index contributed by atoms with van der Waals surface area (Å²) in [5.74, 6) is 8.34. The predicted molar refractivity (Wildman–Crippen MR) is 46.0 cm³/mol. The number of nitrogens with zero attached hydrogens (tertiary/aromatic N) is 1. The summed E-state index contributed by atoms with van der Waals surface area (Å²) in [6.45, 7) is 2.64. The minimum absolute atomic E-state index is 0.0660. The Labute approximate surface area is 75.6 Å². The summed E-state index contributed by atoms with van der Waals surface area (Å²) in [6, 6.07) is -0.852. The number of nitrogens with two attached hydrogens (primary N) is 3. The van der Waals surface area contributed by atoms with Crippen LogP contribution >= 0.6 is 0 Å². The van der Waals surface area contributed by atoms with Gasteiger partial charge in [0.25, 0.3) is 0 Å². The second-order valence-corrected chi connectivity index (χ2v) is 1.92. The number of rotatable bonds is 3. The first kappa shape index (κ1) is 14.2. The van der Waals surface area contributed by atoms with Gasteiger partial charge in [0.05, 0.1) is 6.54 Å². The Morgan fingerprint density at radius 3 is 1.92 bits per heavy atom. The minimum Gasteiger partial charge on any atom is -0.480 e. The molecule has 2 amide bonds. The summed E-state index contributed by atoms with van der Waals surface area (Å²) in [4.78, 5) is 19.3. The maximum Gasteiger partial charge on any atom is 0.343 e. The molecule has 0 aliphatic heterocycles. The first-order chi connectivity index (χ1) is 5.91. The van der Waals surface area contributed by atoms with Crippen LogP contribution in [-0.4, -0.2) is 35.3 Å². The lowest BCUT2D eigenvalue weighted by atomic mass is 10.6. The molecule has 78 valence electrons. The fraction of sp³-hybridized carbons (Fsp3) is 0.600. The van der Waals surface area contributed by atoms with Crippen LogP contribution in [0.1, 0.15) is 6.92 Å². The van der Waals surface area contributed by atoms with Crippen molar-refractivity contribution < 1.29 is 14.7 Å². The van der Waals surface area contributed by atoms with Gasteiger partial charge in [0.15, 0.2) is 0 Å². The fourth-order valence-corrected chi connectivity index (χ4v) is 0.232. The van der Waals surface area contributed by atoms with Gasteiger partial charge in [-0.15, -0.1) is 0 Å². The molecule has 0 heterocycles. The van der Waals surface area contributed by atoms with Crippen LogP contribution in [0.2, 0.25) is 0 Å². The quantitative estimate of drug-likeness (QED) is 0.195. The zero-order valence-corrected chi connectivity index (χ0v) is 7.36. The molecule has 0 aromatic carbocycles. The Morgan fingerprint density at radius 2 is 1.85 bits per heavy atom. The summed E-state index contributed by atoms with van der Waals surface area (Å²) in [5, 5.41) is 10.9. The van der Waals surface area contributed by atoms with Gasteiger partial charge in [-0.05, 0) is 6.54 Å².